The van der Waals surface area contributed by atoms with Gasteiger partial charge in [0.1, 0.15) is 5.72 Å². The van der Waals surface area contributed by atoms with Gasteiger partial charge in [0.25, 0.3) is 0 Å². The quantitative estimate of drug-likeness (QED) is 0.678. The lowest BCUT2D eigenvalue weighted by molar-refractivity contribution is -0.173. The predicted molar refractivity (Wildman–Crippen MR) is 91.7 cm³/mol. The second-order valence-corrected chi connectivity index (χ2v) is 8.06. The van der Waals surface area contributed by atoms with Crippen molar-refractivity contribution in [1.82, 2.24) is 4.90 Å². The van der Waals surface area contributed by atoms with E-state index in [1.165, 1.54) is 69.1 Å². The Morgan fingerprint density at radius 1 is 1.22 bits per heavy atom. The summed E-state index contributed by atoms with van der Waals surface area (Å²) in [5.74, 6) is 8.54. The lowest BCUT2D eigenvalue weighted by Crippen LogP contribution is -2.55. The zero-order chi connectivity index (χ0) is 15.3. The van der Waals surface area contributed by atoms with Crippen LogP contribution in [-0.2, 0) is 4.74 Å². The number of allylic oxidation sites excluding steroid dienone is 1. The van der Waals surface area contributed by atoms with Crippen LogP contribution in [0.3, 0.4) is 0 Å². The molecule has 0 aromatic carbocycles. The van der Waals surface area contributed by atoms with Gasteiger partial charge in [-0.2, -0.15) is 0 Å². The van der Waals surface area contributed by atoms with Gasteiger partial charge in [-0.05, 0) is 50.0 Å². The summed E-state index contributed by atoms with van der Waals surface area (Å²) < 4.78 is 6.38. The average molecular weight is 309 g/mol. The largest absolute Gasteiger partial charge is 0.356 e. The minimum Gasteiger partial charge on any atom is -0.356 e. The first-order chi connectivity index (χ1) is 11.4. The Hall–Kier alpha value is -1.04. The summed E-state index contributed by atoms with van der Waals surface area (Å²) in [6.45, 7) is 1.98. The maximum Gasteiger partial charge on any atom is 0.129 e. The third-order valence-electron chi connectivity index (χ3n) is 6.86. The zero-order valence-electron chi connectivity index (χ0n) is 14.0. The minimum absolute atomic E-state index is 0.0123. The van der Waals surface area contributed by atoms with Gasteiger partial charge in [0.2, 0.25) is 0 Å². The van der Waals surface area contributed by atoms with E-state index in [1.807, 2.05) is 0 Å². The van der Waals surface area contributed by atoms with Crippen molar-refractivity contribution in [2.75, 3.05) is 13.2 Å². The zero-order valence-corrected chi connectivity index (χ0v) is 14.0. The summed E-state index contributed by atoms with van der Waals surface area (Å²) in [7, 11) is 0. The highest BCUT2D eigenvalue weighted by atomic mass is 16.5. The molecule has 5 rings (SSSR count). The molecule has 3 aliphatic heterocycles. The van der Waals surface area contributed by atoms with E-state index in [-0.39, 0.29) is 5.72 Å². The van der Waals surface area contributed by atoms with Gasteiger partial charge in [-0.15, -0.1) is 0 Å². The van der Waals surface area contributed by atoms with E-state index >= 15 is 0 Å². The molecular formula is C21H27NO. The van der Waals surface area contributed by atoms with E-state index in [0.717, 1.165) is 18.9 Å². The van der Waals surface area contributed by atoms with Crippen molar-refractivity contribution in [3.05, 3.63) is 23.3 Å². The van der Waals surface area contributed by atoms with Crippen LogP contribution in [0, 0.1) is 23.7 Å². The van der Waals surface area contributed by atoms with Gasteiger partial charge < -0.3 is 4.74 Å². The number of nitrogens with zero attached hydrogens (tertiary/aromatic N) is 1. The van der Waals surface area contributed by atoms with Crippen LogP contribution < -0.4 is 0 Å². The molecule has 0 radical (unpaired) electrons. The number of rotatable bonds is 1. The predicted octanol–water partition coefficient (Wildman–Crippen LogP) is 4.04. The molecule has 2 aliphatic carbocycles. The fourth-order valence-electron chi connectivity index (χ4n) is 5.77. The Morgan fingerprint density at radius 2 is 2.13 bits per heavy atom. The Labute approximate surface area is 140 Å². The first-order valence-electron chi connectivity index (χ1n) is 9.69. The van der Waals surface area contributed by atoms with Gasteiger partial charge >= 0.3 is 0 Å². The van der Waals surface area contributed by atoms with Crippen molar-refractivity contribution in [1.29, 1.82) is 0 Å². The number of piperidine rings is 1. The second-order valence-electron chi connectivity index (χ2n) is 8.06. The van der Waals surface area contributed by atoms with Crippen LogP contribution in [0.4, 0.5) is 0 Å². The van der Waals surface area contributed by atoms with Crippen molar-refractivity contribution in [2.24, 2.45) is 11.8 Å². The molecule has 2 heteroatoms. The Morgan fingerprint density at radius 3 is 3.04 bits per heavy atom. The van der Waals surface area contributed by atoms with Gasteiger partial charge in [-0.25, -0.2) is 0 Å². The molecule has 1 unspecified atom stereocenters. The molecule has 0 amide bonds. The highest BCUT2D eigenvalue weighted by molar-refractivity contribution is 5.53. The maximum atomic E-state index is 6.38. The van der Waals surface area contributed by atoms with Gasteiger partial charge in [-0.1, -0.05) is 36.8 Å². The normalized spacial score (nSPS) is 39.3. The smallest absolute Gasteiger partial charge is 0.129 e. The Balaban J connectivity index is 1.43. The molecule has 3 atom stereocenters. The molecule has 2 saturated heterocycles. The summed E-state index contributed by atoms with van der Waals surface area (Å²) in [4.78, 5) is 2.67. The summed E-state index contributed by atoms with van der Waals surface area (Å²) >= 11 is 0. The molecule has 5 aliphatic rings. The van der Waals surface area contributed by atoms with Crippen LogP contribution in [0.1, 0.15) is 57.8 Å². The van der Waals surface area contributed by atoms with Crippen LogP contribution in [0.2, 0.25) is 0 Å². The van der Waals surface area contributed by atoms with Crippen molar-refractivity contribution in [3.8, 4) is 11.8 Å². The number of hydrogen-bond donors (Lipinski definition) is 0. The summed E-state index contributed by atoms with van der Waals surface area (Å²) in [5.41, 5.74) is 2.86. The molecule has 0 N–H and O–H groups in total. The minimum atomic E-state index is 0.0123. The second kappa shape index (κ2) is 5.50. The molecule has 122 valence electrons. The summed E-state index contributed by atoms with van der Waals surface area (Å²) in [6.07, 6.45) is 16.6. The van der Waals surface area contributed by atoms with Gasteiger partial charge in [0.15, 0.2) is 0 Å². The molecule has 1 spiro atoms. The lowest BCUT2D eigenvalue weighted by atomic mass is 9.76. The van der Waals surface area contributed by atoms with E-state index in [0.29, 0.717) is 12.0 Å². The van der Waals surface area contributed by atoms with Gasteiger partial charge in [-0.3, -0.25) is 4.90 Å². The van der Waals surface area contributed by atoms with Crippen molar-refractivity contribution < 1.29 is 4.74 Å². The molecule has 0 aromatic heterocycles. The van der Waals surface area contributed by atoms with Crippen LogP contribution in [-0.4, -0.2) is 29.8 Å². The summed E-state index contributed by atoms with van der Waals surface area (Å²) in [5, 5.41) is 0. The summed E-state index contributed by atoms with van der Waals surface area (Å²) in [6, 6.07) is 0.561. The van der Waals surface area contributed by atoms with Crippen molar-refractivity contribution >= 4 is 0 Å². The van der Waals surface area contributed by atoms with Crippen LogP contribution in [0.25, 0.3) is 0 Å². The van der Waals surface area contributed by atoms with Crippen LogP contribution in [0.5, 0.6) is 0 Å². The van der Waals surface area contributed by atoms with E-state index in [1.54, 1.807) is 0 Å². The Kier molecular flexibility index (Phi) is 3.42. The third kappa shape index (κ3) is 2.17. The first-order valence-corrected chi connectivity index (χ1v) is 9.69. The molecular weight excluding hydrogens is 282 g/mol. The highest BCUT2D eigenvalue weighted by Gasteiger charge is 2.58. The topological polar surface area (TPSA) is 12.5 Å². The standard InChI is InChI=1S/C21H27NO/c1-2-7-16(6-1)8-5-9-17-14-18-15-20-19(17)10-13-23-21(20)11-3-4-12-22(18)21/h10,14,16,18,20H,1-4,6-8,11-13,15H2/t18-,20-,21?/m1/s1. The molecule has 2 nitrogen and oxygen atoms in total. The fourth-order valence-corrected chi connectivity index (χ4v) is 5.77. The monoisotopic (exact) mass is 309 g/mol. The SMILES string of the molecule is C(#CC1=C[C@@H]2C[C@@H]3C1=CCOC31CCCCN21)CC1CCCC1. The molecule has 1 saturated carbocycles. The van der Waals surface area contributed by atoms with Crippen LogP contribution >= 0.6 is 0 Å². The van der Waals surface area contributed by atoms with Gasteiger partial charge in [0, 0.05) is 30.5 Å². The van der Waals surface area contributed by atoms with Crippen molar-refractivity contribution in [3.63, 3.8) is 0 Å². The molecule has 3 fully saturated rings. The fraction of sp³-hybridized carbons (Fsp3) is 0.714. The van der Waals surface area contributed by atoms with E-state index < -0.39 is 0 Å². The highest BCUT2D eigenvalue weighted by Crippen LogP contribution is 2.55. The average Bonchev–Trinajstić information content (AvgIpc) is 3.19. The number of fused-ring (bicyclic) bond motifs is 2. The van der Waals surface area contributed by atoms with Gasteiger partial charge in [0.05, 0.1) is 6.61 Å². The number of hydrogen-bond acceptors (Lipinski definition) is 2. The van der Waals surface area contributed by atoms with E-state index in [9.17, 15) is 0 Å². The third-order valence-corrected chi connectivity index (χ3v) is 6.86. The van der Waals surface area contributed by atoms with E-state index in [2.05, 4.69) is 28.9 Å². The lowest BCUT2D eigenvalue weighted by Gasteiger charge is -2.47. The van der Waals surface area contributed by atoms with E-state index in [4.69, 9.17) is 4.74 Å². The number of ether oxygens (including phenoxy) is 1. The molecule has 2 bridgehead atoms. The molecule has 23 heavy (non-hydrogen) atoms. The molecule has 0 aromatic rings. The first kappa shape index (κ1) is 14.3. The molecule has 3 heterocycles. The maximum absolute atomic E-state index is 6.38. The van der Waals surface area contributed by atoms with Crippen LogP contribution in [0.15, 0.2) is 23.3 Å². The Bertz CT molecular complexity index is 615. The van der Waals surface area contributed by atoms with Crippen molar-refractivity contribution in [2.45, 2.75) is 69.6 Å².